The number of carbonyl (C=O) groups excluding carboxylic acids is 1. The van der Waals surface area contributed by atoms with Gasteiger partial charge in [-0.3, -0.25) is 9.36 Å². The molecular formula is C22H24N4OS2. The number of hydrogen-bond donors (Lipinski definition) is 0. The summed E-state index contributed by atoms with van der Waals surface area (Å²) >= 11 is 3.24. The normalized spacial score (nSPS) is 18.0. The van der Waals surface area contributed by atoms with E-state index in [1.165, 1.54) is 6.42 Å². The molecule has 1 aromatic carbocycles. The van der Waals surface area contributed by atoms with Gasteiger partial charge in [-0.25, -0.2) is 0 Å². The predicted molar refractivity (Wildman–Crippen MR) is 117 cm³/mol. The van der Waals surface area contributed by atoms with Crippen molar-refractivity contribution in [1.29, 1.82) is 0 Å². The van der Waals surface area contributed by atoms with Crippen LogP contribution in [0.15, 0.2) is 53.0 Å². The summed E-state index contributed by atoms with van der Waals surface area (Å²) in [6, 6.07) is 14.7. The van der Waals surface area contributed by atoms with Gasteiger partial charge in [0.2, 0.25) is 5.91 Å². The lowest BCUT2D eigenvalue weighted by Crippen LogP contribution is -2.38. The molecule has 2 aromatic heterocycles. The highest BCUT2D eigenvalue weighted by molar-refractivity contribution is 8.00. The SMILES string of the molecule is O=C(C(Sc1nnc(-c2cccs2)n1C1CC1)c1ccccc1)N1CCCCC1. The second kappa shape index (κ2) is 8.32. The van der Waals surface area contributed by atoms with Gasteiger partial charge in [-0.2, -0.15) is 0 Å². The minimum Gasteiger partial charge on any atom is -0.341 e. The summed E-state index contributed by atoms with van der Waals surface area (Å²) in [5.41, 5.74) is 1.04. The minimum absolute atomic E-state index is 0.198. The van der Waals surface area contributed by atoms with Crippen LogP contribution in [-0.2, 0) is 4.79 Å². The quantitative estimate of drug-likeness (QED) is 0.511. The molecule has 5 rings (SSSR count). The fraction of sp³-hybridized carbons (Fsp3) is 0.409. The van der Waals surface area contributed by atoms with Crippen LogP contribution < -0.4 is 0 Å². The molecule has 0 N–H and O–H groups in total. The monoisotopic (exact) mass is 424 g/mol. The summed E-state index contributed by atoms with van der Waals surface area (Å²) < 4.78 is 2.26. The van der Waals surface area contributed by atoms with E-state index in [9.17, 15) is 4.79 Å². The van der Waals surface area contributed by atoms with E-state index in [4.69, 9.17) is 0 Å². The number of hydrogen-bond acceptors (Lipinski definition) is 5. The van der Waals surface area contributed by atoms with Gasteiger partial charge in [0.05, 0.1) is 4.88 Å². The van der Waals surface area contributed by atoms with Crippen molar-refractivity contribution in [2.75, 3.05) is 13.1 Å². The Labute approximate surface area is 179 Å². The van der Waals surface area contributed by atoms with Gasteiger partial charge >= 0.3 is 0 Å². The maximum Gasteiger partial charge on any atom is 0.240 e. The van der Waals surface area contributed by atoms with Gasteiger partial charge in [0, 0.05) is 19.1 Å². The largest absolute Gasteiger partial charge is 0.341 e. The molecule has 1 saturated heterocycles. The maximum atomic E-state index is 13.5. The van der Waals surface area contributed by atoms with E-state index in [0.717, 1.165) is 60.2 Å². The van der Waals surface area contributed by atoms with Crippen LogP contribution >= 0.6 is 23.1 Å². The number of nitrogens with zero attached hydrogens (tertiary/aromatic N) is 4. The van der Waals surface area contributed by atoms with Crippen LogP contribution in [0.5, 0.6) is 0 Å². The van der Waals surface area contributed by atoms with Crippen molar-refractivity contribution in [2.24, 2.45) is 0 Å². The smallest absolute Gasteiger partial charge is 0.240 e. The molecule has 3 aromatic rings. The van der Waals surface area contributed by atoms with Crippen molar-refractivity contribution in [2.45, 2.75) is 48.6 Å². The molecule has 0 bridgehead atoms. The van der Waals surface area contributed by atoms with Gasteiger partial charge in [0.1, 0.15) is 5.25 Å². The van der Waals surface area contributed by atoms with Gasteiger partial charge in [0.25, 0.3) is 0 Å². The molecule has 29 heavy (non-hydrogen) atoms. The zero-order valence-electron chi connectivity index (χ0n) is 16.2. The van der Waals surface area contributed by atoms with E-state index in [1.54, 1.807) is 23.1 Å². The van der Waals surface area contributed by atoms with E-state index in [2.05, 4.69) is 38.3 Å². The Hall–Kier alpha value is -2.12. The second-order valence-electron chi connectivity index (χ2n) is 7.68. The number of benzene rings is 1. The number of likely N-dealkylation sites (tertiary alicyclic amines) is 1. The van der Waals surface area contributed by atoms with Crippen molar-refractivity contribution in [3.63, 3.8) is 0 Å². The van der Waals surface area contributed by atoms with Gasteiger partial charge < -0.3 is 4.90 Å². The molecule has 1 saturated carbocycles. The van der Waals surface area contributed by atoms with Gasteiger partial charge in [-0.1, -0.05) is 48.2 Å². The lowest BCUT2D eigenvalue weighted by Gasteiger charge is -2.30. The highest BCUT2D eigenvalue weighted by Crippen LogP contribution is 2.45. The first kappa shape index (κ1) is 18.9. The number of thiophene rings is 1. The average molecular weight is 425 g/mol. The molecule has 5 nitrogen and oxygen atoms in total. The lowest BCUT2D eigenvalue weighted by molar-refractivity contribution is -0.131. The van der Waals surface area contributed by atoms with Crippen molar-refractivity contribution in [3.05, 3.63) is 53.4 Å². The maximum absolute atomic E-state index is 13.5. The zero-order chi connectivity index (χ0) is 19.6. The summed E-state index contributed by atoms with van der Waals surface area (Å²) in [5, 5.41) is 11.7. The van der Waals surface area contributed by atoms with Crippen LogP contribution in [0.3, 0.4) is 0 Å². The molecule has 1 atom stereocenters. The molecule has 0 spiro atoms. The fourth-order valence-corrected chi connectivity index (χ4v) is 5.76. The van der Waals surface area contributed by atoms with Crippen LogP contribution in [0.2, 0.25) is 0 Å². The highest BCUT2D eigenvalue weighted by Gasteiger charge is 2.34. The Morgan fingerprint density at radius 2 is 1.83 bits per heavy atom. The molecule has 1 unspecified atom stereocenters. The first-order valence-corrected chi connectivity index (χ1v) is 12.1. The summed E-state index contributed by atoms with van der Waals surface area (Å²) in [6.45, 7) is 1.72. The third-order valence-corrected chi connectivity index (χ3v) is 7.60. The number of amides is 1. The van der Waals surface area contributed by atoms with Gasteiger partial charge in [-0.15, -0.1) is 21.5 Å². The Morgan fingerprint density at radius 1 is 1.03 bits per heavy atom. The van der Waals surface area contributed by atoms with E-state index in [0.29, 0.717) is 6.04 Å². The second-order valence-corrected chi connectivity index (χ2v) is 9.70. The van der Waals surface area contributed by atoms with Crippen LogP contribution in [0.1, 0.15) is 49.0 Å². The molecule has 1 aliphatic carbocycles. The molecule has 1 amide bonds. The summed E-state index contributed by atoms with van der Waals surface area (Å²) in [6.07, 6.45) is 5.71. The average Bonchev–Trinajstić information content (AvgIpc) is 3.30. The lowest BCUT2D eigenvalue weighted by atomic mass is 10.1. The van der Waals surface area contributed by atoms with Gasteiger partial charge in [0.15, 0.2) is 11.0 Å². The Bertz CT molecular complexity index is 960. The van der Waals surface area contributed by atoms with E-state index in [-0.39, 0.29) is 11.2 Å². The fourth-order valence-electron chi connectivity index (χ4n) is 3.87. The van der Waals surface area contributed by atoms with Gasteiger partial charge in [-0.05, 0) is 49.1 Å². The number of rotatable bonds is 6. The number of piperidine rings is 1. The van der Waals surface area contributed by atoms with Crippen molar-refractivity contribution < 1.29 is 4.79 Å². The minimum atomic E-state index is -0.285. The Kier molecular flexibility index (Phi) is 5.42. The summed E-state index contributed by atoms with van der Waals surface area (Å²) in [5.74, 6) is 1.13. The highest BCUT2D eigenvalue weighted by atomic mass is 32.2. The summed E-state index contributed by atoms with van der Waals surface area (Å²) in [4.78, 5) is 16.7. The number of carbonyl (C=O) groups is 1. The molecule has 3 heterocycles. The van der Waals surface area contributed by atoms with Crippen LogP contribution in [0.25, 0.3) is 10.7 Å². The molecule has 2 fully saturated rings. The predicted octanol–water partition coefficient (Wildman–Crippen LogP) is 5.19. The van der Waals surface area contributed by atoms with Crippen molar-refractivity contribution in [3.8, 4) is 10.7 Å². The van der Waals surface area contributed by atoms with Crippen LogP contribution in [-0.4, -0.2) is 38.7 Å². The van der Waals surface area contributed by atoms with E-state index in [1.807, 2.05) is 29.2 Å². The molecule has 1 aliphatic heterocycles. The topological polar surface area (TPSA) is 51.0 Å². The standard InChI is InChI=1S/C22H24N4OS2/c27-21(25-13-5-2-6-14-25)19(16-8-3-1-4-9-16)29-22-24-23-20(18-10-7-15-28-18)26(22)17-11-12-17/h1,3-4,7-10,15,17,19H,2,5-6,11-14H2. The van der Waals surface area contributed by atoms with Crippen LogP contribution in [0.4, 0.5) is 0 Å². The summed E-state index contributed by atoms with van der Waals surface area (Å²) in [7, 11) is 0. The first-order valence-electron chi connectivity index (χ1n) is 10.3. The van der Waals surface area contributed by atoms with Crippen molar-refractivity contribution in [1.82, 2.24) is 19.7 Å². The zero-order valence-corrected chi connectivity index (χ0v) is 17.9. The Morgan fingerprint density at radius 3 is 2.52 bits per heavy atom. The molecule has 150 valence electrons. The molecule has 0 radical (unpaired) electrons. The number of aromatic nitrogens is 3. The molecule has 7 heteroatoms. The first-order chi connectivity index (χ1) is 14.3. The van der Waals surface area contributed by atoms with Crippen LogP contribution in [0, 0.1) is 0 Å². The number of thioether (sulfide) groups is 1. The third kappa shape index (κ3) is 3.98. The Balaban J connectivity index is 1.49. The van der Waals surface area contributed by atoms with E-state index >= 15 is 0 Å². The van der Waals surface area contributed by atoms with E-state index < -0.39 is 0 Å². The third-order valence-electron chi connectivity index (χ3n) is 5.54. The molecule has 2 aliphatic rings. The molecular weight excluding hydrogens is 400 g/mol. The van der Waals surface area contributed by atoms with Crippen molar-refractivity contribution >= 4 is 29.0 Å².